The van der Waals surface area contributed by atoms with Crippen LogP contribution in [0.25, 0.3) is 0 Å². The number of nitrogens with zero attached hydrogens (tertiary/aromatic N) is 2. The van der Waals surface area contributed by atoms with Gasteiger partial charge < -0.3 is 15.0 Å². The lowest BCUT2D eigenvalue weighted by atomic mass is 10.1. The number of benzene rings is 2. The molecule has 1 saturated heterocycles. The minimum atomic E-state index is -0.414. The van der Waals surface area contributed by atoms with E-state index in [2.05, 4.69) is 11.4 Å². The van der Waals surface area contributed by atoms with E-state index in [9.17, 15) is 9.59 Å². The third-order valence-corrected chi connectivity index (χ3v) is 4.45. The number of anilines is 1. The number of nitrogens with one attached hydrogen (secondary N) is 1. The number of ether oxygens (including phenoxy) is 1. The Morgan fingerprint density at radius 1 is 1.26 bits per heavy atom. The predicted molar refractivity (Wildman–Crippen MR) is 101 cm³/mol. The van der Waals surface area contributed by atoms with E-state index < -0.39 is 6.10 Å². The van der Waals surface area contributed by atoms with Gasteiger partial charge in [-0.3, -0.25) is 9.59 Å². The summed E-state index contributed by atoms with van der Waals surface area (Å²) in [6.45, 7) is 1.04. The van der Waals surface area contributed by atoms with Crippen LogP contribution in [-0.2, 0) is 16.1 Å². The highest BCUT2D eigenvalue weighted by Gasteiger charge is 2.23. The summed E-state index contributed by atoms with van der Waals surface area (Å²) in [6.07, 6.45) is 1.19. The van der Waals surface area contributed by atoms with Gasteiger partial charge in [-0.1, -0.05) is 18.2 Å². The smallest absolute Gasteiger partial charge is 0.253 e. The molecule has 6 heteroatoms. The Hall–Kier alpha value is -3.17. The summed E-state index contributed by atoms with van der Waals surface area (Å²) in [5.41, 5.74) is 2.60. The molecule has 138 valence electrons. The fourth-order valence-electron chi connectivity index (χ4n) is 2.99. The van der Waals surface area contributed by atoms with Crippen molar-refractivity contribution in [1.82, 2.24) is 4.90 Å². The van der Waals surface area contributed by atoms with E-state index in [0.29, 0.717) is 30.0 Å². The summed E-state index contributed by atoms with van der Waals surface area (Å²) in [4.78, 5) is 26.5. The number of rotatable bonds is 5. The summed E-state index contributed by atoms with van der Waals surface area (Å²) < 4.78 is 5.38. The first-order chi connectivity index (χ1) is 13.1. The van der Waals surface area contributed by atoms with Gasteiger partial charge in [0.2, 0.25) is 0 Å². The van der Waals surface area contributed by atoms with Gasteiger partial charge in [-0.15, -0.1) is 0 Å². The van der Waals surface area contributed by atoms with E-state index in [0.717, 1.165) is 18.4 Å². The molecule has 0 bridgehead atoms. The maximum absolute atomic E-state index is 12.7. The van der Waals surface area contributed by atoms with Gasteiger partial charge in [-0.25, -0.2) is 0 Å². The molecule has 2 aromatic rings. The second-order valence-corrected chi connectivity index (χ2v) is 6.54. The van der Waals surface area contributed by atoms with E-state index in [1.807, 2.05) is 12.1 Å². The van der Waals surface area contributed by atoms with Crippen molar-refractivity contribution in [3.05, 3.63) is 65.2 Å². The minimum Gasteiger partial charge on any atom is -0.368 e. The fraction of sp³-hybridized carbons (Fsp3) is 0.286. The van der Waals surface area contributed by atoms with E-state index in [1.54, 1.807) is 48.3 Å². The lowest BCUT2D eigenvalue weighted by molar-refractivity contribution is -0.124. The molecule has 0 aliphatic carbocycles. The van der Waals surface area contributed by atoms with Gasteiger partial charge in [0.15, 0.2) is 0 Å². The average molecular weight is 363 g/mol. The van der Waals surface area contributed by atoms with E-state index in [1.165, 1.54) is 0 Å². The molecular weight excluding hydrogens is 342 g/mol. The van der Waals surface area contributed by atoms with Gasteiger partial charge in [0.25, 0.3) is 11.8 Å². The Labute approximate surface area is 158 Å². The van der Waals surface area contributed by atoms with Crippen molar-refractivity contribution in [3.8, 4) is 6.07 Å². The van der Waals surface area contributed by atoms with Crippen LogP contribution >= 0.6 is 0 Å². The highest BCUT2D eigenvalue weighted by atomic mass is 16.5. The van der Waals surface area contributed by atoms with Gasteiger partial charge in [-0.2, -0.15) is 5.26 Å². The van der Waals surface area contributed by atoms with Crippen molar-refractivity contribution in [2.24, 2.45) is 0 Å². The number of carbonyl (C=O) groups excluding carboxylic acids is 2. The van der Waals surface area contributed by atoms with Crippen molar-refractivity contribution < 1.29 is 14.3 Å². The van der Waals surface area contributed by atoms with Crippen LogP contribution in [0, 0.1) is 11.3 Å². The lowest BCUT2D eigenvalue weighted by Gasteiger charge is -2.18. The Balaban J connectivity index is 1.64. The van der Waals surface area contributed by atoms with Crippen LogP contribution in [-0.4, -0.2) is 36.5 Å². The Morgan fingerprint density at radius 2 is 2.04 bits per heavy atom. The highest BCUT2D eigenvalue weighted by Crippen LogP contribution is 2.17. The zero-order valence-electron chi connectivity index (χ0n) is 15.1. The molecule has 1 unspecified atom stereocenters. The molecule has 0 spiro atoms. The summed E-state index contributed by atoms with van der Waals surface area (Å²) in [6, 6.07) is 16.1. The molecule has 1 fully saturated rings. The summed E-state index contributed by atoms with van der Waals surface area (Å²) >= 11 is 0. The Morgan fingerprint density at radius 3 is 2.70 bits per heavy atom. The molecule has 2 amide bonds. The van der Waals surface area contributed by atoms with Crippen LogP contribution in [0.15, 0.2) is 48.5 Å². The van der Waals surface area contributed by atoms with Crippen LogP contribution < -0.4 is 5.32 Å². The third-order valence-electron chi connectivity index (χ3n) is 4.45. The standard InChI is InChI=1S/C21H21N3O3/c1-24(14-16-9-7-15(13-22)8-10-16)21(26)17-4-2-5-18(12-17)23-20(25)19-6-3-11-27-19/h2,4-5,7-10,12,19H,3,6,11,14H2,1H3,(H,23,25). The van der Waals surface area contributed by atoms with Crippen molar-refractivity contribution in [2.75, 3.05) is 19.0 Å². The van der Waals surface area contributed by atoms with Gasteiger partial charge in [0.05, 0.1) is 11.6 Å². The van der Waals surface area contributed by atoms with Crippen molar-refractivity contribution in [1.29, 1.82) is 5.26 Å². The predicted octanol–water partition coefficient (Wildman–Crippen LogP) is 2.95. The molecular formula is C21H21N3O3. The molecule has 1 N–H and O–H groups in total. The van der Waals surface area contributed by atoms with Gasteiger partial charge >= 0.3 is 0 Å². The van der Waals surface area contributed by atoms with Crippen molar-refractivity contribution >= 4 is 17.5 Å². The number of nitriles is 1. The molecule has 1 atom stereocenters. The van der Waals surface area contributed by atoms with Crippen LogP contribution in [0.4, 0.5) is 5.69 Å². The SMILES string of the molecule is CN(Cc1ccc(C#N)cc1)C(=O)c1cccc(NC(=O)C2CCCO2)c1. The first-order valence-electron chi connectivity index (χ1n) is 8.84. The molecule has 2 aromatic carbocycles. The van der Waals surface area contributed by atoms with Gasteiger partial charge in [0.1, 0.15) is 6.10 Å². The lowest BCUT2D eigenvalue weighted by Crippen LogP contribution is -2.28. The average Bonchev–Trinajstić information content (AvgIpc) is 3.23. The molecule has 27 heavy (non-hydrogen) atoms. The van der Waals surface area contributed by atoms with E-state index in [-0.39, 0.29) is 11.8 Å². The van der Waals surface area contributed by atoms with E-state index in [4.69, 9.17) is 10.00 Å². The van der Waals surface area contributed by atoms with Crippen LogP contribution in [0.1, 0.15) is 34.3 Å². The van der Waals surface area contributed by atoms with Crippen LogP contribution in [0.2, 0.25) is 0 Å². The number of hydrogen-bond acceptors (Lipinski definition) is 4. The monoisotopic (exact) mass is 363 g/mol. The van der Waals surface area contributed by atoms with Gasteiger partial charge in [-0.05, 0) is 48.7 Å². The largest absolute Gasteiger partial charge is 0.368 e. The Kier molecular flexibility index (Phi) is 5.84. The molecule has 1 aliphatic rings. The van der Waals surface area contributed by atoms with Crippen LogP contribution in [0.5, 0.6) is 0 Å². The first kappa shape index (κ1) is 18.6. The second kappa shape index (κ2) is 8.47. The normalized spacial score (nSPS) is 15.8. The van der Waals surface area contributed by atoms with Crippen molar-refractivity contribution in [3.63, 3.8) is 0 Å². The second-order valence-electron chi connectivity index (χ2n) is 6.54. The summed E-state index contributed by atoms with van der Waals surface area (Å²) in [5.74, 6) is -0.324. The number of amides is 2. The molecule has 3 rings (SSSR count). The summed E-state index contributed by atoms with van der Waals surface area (Å²) in [7, 11) is 1.72. The molecule has 6 nitrogen and oxygen atoms in total. The first-order valence-corrected chi connectivity index (χ1v) is 8.84. The van der Waals surface area contributed by atoms with Gasteiger partial charge in [0, 0.05) is 31.5 Å². The Bertz CT molecular complexity index is 865. The minimum absolute atomic E-state index is 0.146. The van der Waals surface area contributed by atoms with Crippen molar-refractivity contribution in [2.45, 2.75) is 25.5 Å². The molecule has 0 radical (unpaired) electrons. The third kappa shape index (κ3) is 4.72. The number of carbonyl (C=O) groups is 2. The van der Waals surface area contributed by atoms with Crippen LogP contribution in [0.3, 0.4) is 0 Å². The number of hydrogen-bond donors (Lipinski definition) is 1. The highest BCUT2D eigenvalue weighted by molar-refractivity contribution is 5.98. The maximum atomic E-state index is 12.7. The zero-order valence-corrected chi connectivity index (χ0v) is 15.1. The summed E-state index contributed by atoms with van der Waals surface area (Å²) in [5, 5.41) is 11.7. The molecule has 1 aliphatic heterocycles. The molecule has 1 heterocycles. The van der Waals surface area contributed by atoms with E-state index >= 15 is 0 Å². The molecule has 0 aromatic heterocycles. The fourth-order valence-corrected chi connectivity index (χ4v) is 2.99. The zero-order chi connectivity index (χ0) is 19.2. The molecule has 0 saturated carbocycles. The topological polar surface area (TPSA) is 82.4 Å². The quantitative estimate of drug-likeness (QED) is 0.885. The maximum Gasteiger partial charge on any atom is 0.253 e.